The molecule has 1 heterocycles. The van der Waals surface area contributed by atoms with Crippen molar-refractivity contribution in [2.24, 2.45) is 0 Å². The fourth-order valence-electron chi connectivity index (χ4n) is 2.25. The Balaban J connectivity index is 2.12. The molecule has 0 radical (unpaired) electrons. The van der Waals surface area contributed by atoms with Gasteiger partial charge in [-0.05, 0) is 25.1 Å². The molecule has 0 saturated heterocycles. The van der Waals surface area contributed by atoms with E-state index in [0.717, 1.165) is 5.56 Å². The van der Waals surface area contributed by atoms with E-state index in [2.05, 4.69) is 5.32 Å². The molecule has 1 N–H and O–H groups in total. The van der Waals surface area contributed by atoms with Crippen LogP contribution in [0.1, 0.15) is 18.4 Å². The second-order valence-corrected chi connectivity index (χ2v) is 4.71. The number of hydrogen-bond acceptors (Lipinski definition) is 3. The summed E-state index contributed by atoms with van der Waals surface area (Å²) in [6.45, 7) is 1.86. The number of rotatable bonds is 1. The van der Waals surface area contributed by atoms with Crippen molar-refractivity contribution in [3.05, 3.63) is 48.0 Å². The van der Waals surface area contributed by atoms with E-state index < -0.39 is 0 Å². The van der Waals surface area contributed by atoms with Crippen LogP contribution in [0.2, 0.25) is 0 Å². The highest BCUT2D eigenvalue weighted by Crippen LogP contribution is 2.39. The van der Waals surface area contributed by atoms with Crippen molar-refractivity contribution >= 4 is 11.6 Å². The molecular weight excluding hydrogens is 254 g/mol. The van der Waals surface area contributed by atoms with Gasteiger partial charge < -0.3 is 14.8 Å². The first-order valence-electron chi connectivity index (χ1n) is 6.44. The summed E-state index contributed by atoms with van der Waals surface area (Å²) in [5.74, 6) is 1.66. The van der Waals surface area contributed by atoms with E-state index in [-0.39, 0.29) is 11.8 Å². The Morgan fingerprint density at radius 3 is 2.75 bits per heavy atom. The van der Waals surface area contributed by atoms with Gasteiger partial charge in [-0.3, -0.25) is 4.79 Å². The van der Waals surface area contributed by atoms with Gasteiger partial charge in [0.15, 0.2) is 5.75 Å². The molecule has 4 heteroatoms. The molecule has 0 aromatic heterocycles. The highest BCUT2D eigenvalue weighted by atomic mass is 16.5. The predicted molar refractivity (Wildman–Crippen MR) is 76.6 cm³/mol. The Bertz CT molecular complexity index is 667. The van der Waals surface area contributed by atoms with Gasteiger partial charge in [-0.2, -0.15) is 0 Å². The molecule has 2 aromatic rings. The van der Waals surface area contributed by atoms with Gasteiger partial charge in [0, 0.05) is 11.6 Å². The van der Waals surface area contributed by atoms with Crippen molar-refractivity contribution in [1.82, 2.24) is 0 Å². The van der Waals surface area contributed by atoms with Gasteiger partial charge >= 0.3 is 0 Å². The molecule has 0 aliphatic carbocycles. The molecule has 0 fully saturated rings. The summed E-state index contributed by atoms with van der Waals surface area (Å²) in [6, 6.07) is 12.9. The quantitative estimate of drug-likeness (QED) is 0.861. The zero-order valence-electron chi connectivity index (χ0n) is 11.3. The number of carbonyl (C=O) groups is 1. The molecule has 1 amide bonds. The summed E-state index contributed by atoms with van der Waals surface area (Å²) in [6.07, 6.45) is 0. The number of para-hydroxylation sites is 1. The van der Waals surface area contributed by atoms with Crippen molar-refractivity contribution in [2.75, 3.05) is 12.4 Å². The molecule has 3 rings (SSSR count). The second-order valence-electron chi connectivity index (χ2n) is 4.71. The van der Waals surface area contributed by atoms with Crippen molar-refractivity contribution in [3.8, 4) is 17.2 Å². The number of hydrogen-bond donors (Lipinski definition) is 1. The molecule has 20 heavy (non-hydrogen) atoms. The van der Waals surface area contributed by atoms with Crippen LogP contribution in [0.15, 0.2) is 42.5 Å². The average molecular weight is 269 g/mol. The summed E-state index contributed by atoms with van der Waals surface area (Å²) < 4.78 is 11.1. The summed E-state index contributed by atoms with van der Waals surface area (Å²) in [4.78, 5) is 12.3. The minimum atomic E-state index is -0.273. The minimum Gasteiger partial charge on any atom is -0.497 e. The largest absolute Gasteiger partial charge is 0.497 e. The van der Waals surface area contributed by atoms with Crippen LogP contribution in [0, 0.1) is 0 Å². The first kappa shape index (κ1) is 12.5. The van der Waals surface area contributed by atoms with Crippen LogP contribution in [0.5, 0.6) is 17.2 Å². The number of ether oxygens (including phenoxy) is 2. The lowest BCUT2D eigenvalue weighted by atomic mass is 9.98. The van der Waals surface area contributed by atoms with Crippen molar-refractivity contribution in [1.29, 1.82) is 0 Å². The van der Waals surface area contributed by atoms with Crippen molar-refractivity contribution in [3.63, 3.8) is 0 Å². The highest BCUT2D eigenvalue weighted by Gasteiger charge is 2.24. The number of methoxy groups -OCH3 is 1. The number of nitrogens with one attached hydrogen (secondary N) is 1. The van der Waals surface area contributed by atoms with E-state index in [4.69, 9.17) is 9.47 Å². The third kappa shape index (κ3) is 2.09. The normalized spacial score (nSPS) is 16.9. The topological polar surface area (TPSA) is 47.6 Å². The Morgan fingerprint density at radius 1 is 1.15 bits per heavy atom. The maximum absolute atomic E-state index is 12.3. The molecule has 1 aliphatic rings. The lowest BCUT2D eigenvalue weighted by Gasteiger charge is -2.22. The van der Waals surface area contributed by atoms with Crippen LogP contribution in [-0.4, -0.2) is 13.0 Å². The fraction of sp³-hybridized carbons (Fsp3) is 0.188. The zero-order valence-corrected chi connectivity index (χ0v) is 11.3. The van der Waals surface area contributed by atoms with Gasteiger partial charge in [0.05, 0.1) is 18.7 Å². The molecule has 2 aromatic carbocycles. The number of fused-ring (bicyclic) bond motifs is 2. The van der Waals surface area contributed by atoms with Crippen LogP contribution in [0.3, 0.4) is 0 Å². The standard InChI is InChI=1S/C16H15NO3/c1-10-12-5-3-4-6-14(12)20-15-8-7-11(19-2)9-13(15)17-16(10)18/h3-10H,1-2H3,(H,17,18). The minimum absolute atomic E-state index is 0.0600. The summed E-state index contributed by atoms with van der Waals surface area (Å²) >= 11 is 0. The number of amides is 1. The van der Waals surface area contributed by atoms with E-state index >= 15 is 0 Å². The van der Waals surface area contributed by atoms with Gasteiger partial charge in [0.25, 0.3) is 0 Å². The van der Waals surface area contributed by atoms with E-state index in [9.17, 15) is 4.79 Å². The van der Waals surface area contributed by atoms with Crippen LogP contribution in [0.4, 0.5) is 5.69 Å². The van der Waals surface area contributed by atoms with Crippen molar-refractivity contribution in [2.45, 2.75) is 12.8 Å². The third-order valence-electron chi connectivity index (χ3n) is 3.44. The van der Waals surface area contributed by atoms with E-state index in [1.54, 1.807) is 25.3 Å². The van der Waals surface area contributed by atoms with Gasteiger partial charge in [-0.15, -0.1) is 0 Å². The van der Waals surface area contributed by atoms with Gasteiger partial charge in [-0.1, -0.05) is 18.2 Å². The fourth-order valence-corrected chi connectivity index (χ4v) is 2.25. The Kier molecular flexibility index (Phi) is 3.06. The van der Waals surface area contributed by atoms with Crippen LogP contribution in [-0.2, 0) is 4.79 Å². The molecule has 1 unspecified atom stereocenters. The van der Waals surface area contributed by atoms with Crippen LogP contribution in [0.25, 0.3) is 0 Å². The number of anilines is 1. The lowest BCUT2D eigenvalue weighted by molar-refractivity contribution is -0.117. The van der Waals surface area contributed by atoms with E-state index in [1.165, 1.54) is 0 Å². The Hall–Kier alpha value is -2.49. The van der Waals surface area contributed by atoms with Crippen LogP contribution >= 0.6 is 0 Å². The van der Waals surface area contributed by atoms with Gasteiger partial charge in [0.2, 0.25) is 5.91 Å². The first-order valence-corrected chi connectivity index (χ1v) is 6.44. The van der Waals surface area contributed by atoms with Gasteiger partial charge in [-0.25, -0.2) is 0 Å². The van der Waals surface area contributed by atoms with E-state index in [1.807, 2.05) is 31.2 Å². The summed E-state index contributed by atoms with van der Waals surface area (Å²) in [5, 5.41) is 2.88. The first-order chi connectivity index (χ1) is 9.69. The Labute approximate surface area is 117 Å². The second kappa shape index (κ2) is 4.89. The molecule has 102 valence electrons. The molecule has 1 aliphatic heterocycles. The SMILES string of the molecule is COc1ccc2c(c1)NC(=O)C(C)c1ccccc1O2. The maximum Gasteiger partial charge on any atom is 0.231 e. The predicted octanol–water partition coefficient (Wildman–Crippen LogP) is 3.54. The monoisotopic (exact) mass is 269 g/mol. The third-order valence-corrected chi connectivity index (χ3v) is 3.44. The smallest absolute Gasteiger partial charge is 0.231 e. The molecule has 0 saturated carbocycles. The molecular formula is C16H15NO3. The summed E-state index contributed by atoms with van der Waals surface area (Å²) in [5.41, 5.74) is 1.50. The maximum atomic E-state index is 12.3. The molecule has 0 spiro atoms. The molecule has 0 bridgehead atoms. The van der Waals surface area contributed by atoms with Gasteiger partial charge in [0.1, 0.15) is 11.5 Å². The number of carbonyl (C=O) groups excluding carboxylic acids is 1. The summed E-state index contributed by atoms with van der Waals surface area (Å²) in [7, 11) is 1.59. The number of benzene rings is 2. The van der Waals surface area contributed by atoms with E-state index in [0.29, 0.717) is 22.9 Å². The molecule has 4 nitrogen and oxygen atoms in total. The lowest BCUT2D eigenvalue weighted by Crippen LogP contribution is -2.21. The van der Waals surface area contributed by atoms with Crippen LogP contribution < -0.4 is 14.8 Å². The average Bonchev–Trinajstić information content (AvgIpc) is 2.47. The van der Waals surface area contributed by atoms with Crippen molar-refractivity contribution < 1.29 is 14.3 Å². The highest BCUT2D eigenvalue weighted by molar-refractivity contribution is 5.98. The molecule has 1 atom stereocenters. The zero-order chi connectivity index (χ0) is 14.1. The Morgan fingerprint density at radius 2 is 1.95 bits per heavy atom.